The highest BCUT2D eigenvalue weighted by atomic mass is 16.6. The van der Waals surface area contributed by atoms with Gasteiger partial charge >= 0.3 is 6.09 Å². The smallest absolute Gasteiger partial charge is 0.410 e. The van der Waals surface area contributed by atoms with Crippen LogP contribution in [0.2, 0.25) is 0 Å². The summed E-state index contributed by atoms with van der Waals surface area (Å²) in [7, 11) is 0. The molecule has 25 heavy (non-hydrogen) atoms. The highest BCUT2D eigenvalue weighted by Gasteiger charge is 2.33. The maximum Gasteiger partial charge on any atom is 0.410 e. The van der Waals surface area contributed by atoms with E-state index in [4.69, 9.17) is 4.74 Å². The summed E-state index contributed by atoms with van der Waals surface area (Å²) in [5.74, 6) is 0. The number of nitrogens with one attached hydrogen (secondary N) is 2. The molecule has 0 radical (unpaired) electrons. The van der Waals surface area contributed by atoms with E-state index in [0.717, 1.165) is 32.2 Å². The second kappa shape index (κ2) is 9.20. The van der Waals surface area contributed by atoms with Gasteiger partial charge in [0.25, 0.3) is 0 Å². The first kappa shape index (κ1) is 18.2. The molecule has 2 heterocycles. The van der Waals surface area contributed by atoms with Crippen LogP contribution >= 0.6 is 0 Å². The van der Waals surface area contributed by atoms with Gasteiger partial charge in [-0.2, -0.15) is 0 Å². The summed E-state index contributed by atoms with van der Waals surface area (Å²) < 4.78 is 5.11. The van der Waals surface area contributed by atoms with Gasteiger partial charge in [-0.05, 0) is 12.5 Å². The van der Waals surface area contributed by atoms with Gasteiger partial charge in [0.2, 0.25) is 0 Å². The van der Waals surface area contributed by atoms with E-state index in [9.17, 15) is 4.79 Å². The summed E-state index contributed by atoms with van der Waals surface area (Å²) in [5, 5.41) is 0. The minimum absolute atomic E-state index is 0.137. The number of benzene rings is 1. The minimum Gasteiger partial charge on any atom is -0.450 e. The zero-order valence-electron chi connectivity index (χ0n) is 15.5. The van der Waals surface area contributed by atoms with Gasteiger partial charge in [-0.1, -0.05) is 30.3 Å². The summed E-state index contributed by atoms with van der Waals surface area (Å²) in [5.41, 5.74) is 1.46. The lowest BCUT2D eigenvalue weighted by Crippen LogP contribution is -3.22. The van der Waals surface area contributed by atoms with Crippen molar-refractivity contribution in [2.24, 2.45) is 0 Å². The number of piperidine rings is 1. The number of quaternary nitrogens is 2. The van der Waals surface area contributed by atoms with Crippen LogP contribution < -0.4 is 9.80 Å². The summed E-state index contributed by atoms with van der Waals surface area (Å²) in [6.07, 6.45) is 3.69. The first-order valence-electron chi connectivity index (χ1n) is 9.90. The van der Waals surface area contributed by atoms with Crippen molar-refractivity contribution in [1.29, 1.82) is 0 Å². The van der Waals surface area contributed by atoms with Crippen LogP contribution in [0, 0.1) is 0 Å². The predicted octanol–water partition coefficient (Wildman–Crippen LogP) is -0.367. The standard InChI is InChI=1S/C20H31N3O2/c1-2-25-20(24)23-16-14-22(15-17-23)19-9-12-21(13-10-19)11-8-18-6-4-3-5-7-18/h3-7,19H,2,8-17H2,1H3/p+2. The third-order valence-corrected chi connectivity index (χ3v) is 5.81. The van der Waals surface area contributed by atoms with Crippen LogP contribution in [0.1, 0.15) is 25.3 Å². The minimum atomic E-state index is -0.137. The van der Waals surface area contributed by atoms with Crippen molar-refractivity contribution in [3.8, 4) is 0 Å². The molecule has 0 saturated carbocycles. The number of likely N-dealkylation sites (tertiary alicyclic amines) is 1. The lowest BCUT2D eigenvalue weighted by molar-refractivity contribution is -0.960. The van der Waals surface area contributed by atoms with Gasteiger partial charge in [0, 0.05) is 19.3 Å². The number of amides is 1. The molecule has 2 N–H and O–H groups in total. The van der Waals surface area contributed by atoms with Gasteiger partial charge in [-0.15, -0.1) is 0 Å². The van der Waals surface area contributed by atoms with Crippen LogP contribution in [0.4, 0.5) is 4.79 Å². The van der Waals surface area contributed by atoms with Crippen LogP contribution in [0.25, 0.3) is 0 Å². The van der Waals surface area contributed by atoms with Gasteiger partial charge in [0.05, 0.1) is 58.5 Å². The molecular formula is C20H33N3O2+2. The van der Waals surface area contributed by atoms with Crippen LogP contribution in [0.15, 0.2) is 30.3 Å². The van der Waals surface area contributed by atoms with Crippen molar-refractivity contribution in [2.75, 3.05) is 52.4 Å². The number of hydrogen-bond acceptors (Lipinski definition) is 2. The molecule has 0 unspecified atom stereocenters. The van der Waals surface area contributed by atoms with Crippen molar-refractivity contribution in [1.82, 2.24) is 4.90 Å². The third-order valence-electron chi connectivity index (χ3n) is 5.81. The largest absolute Gasteiger partial charge is 0.450 e. The predicted molar refractivity (Wildman–Crippen MR) is 98.0 cm³/mol. The number of ether oxygens (including phenoxy) is 1. The molecule has 5 heteroatoms. The number of rotatable bonds is 5. The molecule has 1 amide bonds. The summed E-state index contributed by atoms with van der Waals surface area (Å²) in [6.45, 7) is 10.0. The molecule has 2 saturated heterocycles. The van der Waals surface area contributed by atoms with E-state index in [-0.39, 0.29) is 6.09 Å². The quantitative estimate of drug-likeness (QED) is 0.763. The first-order valence-corrected chi connectivity index (χ1v) is 9.90. The average Bonchev–Trinajstić information content (AvgIpc) is 2.68. The number of nitrogens with zero attached hydrogens (tertiary/aromatic N) is 1. The summed E-state index contributed by atoms with van der Waals surface area (Å²) in [6, 6.07) is 11.6. The van der Waals surface area contributed by atoms with Crippen molar-refractivity contribution in [3.63, 3.8) is 0 Å². The summed E-state index contributed by atoms with van der Waals surface area (Å²) >= 11 is 0. The maximum absolute atomic E-state index is 11.8. The fourth-order valence-electron chi connectivity index (χ4n) is 4.25. The van der Waals surface area contributed by atoms with Crippen molar-refractivity contribution in [3.05, 3.63) is 35.9 Å². The second-order valence-corrected chi connectivity index (χ2v) is 7.35. The lowest BCUT2D eigenvalue weighted by Gasteiger charge is -2.38. The molecule has 138 valence electrons. The highest BCUT2D eigenvalue weighted by Crippen LogP contribution is 2.01. The van der Waals surface area contributed by atoms with E-state index in [1.807, 2.05) is 11.8 Å². The van der Waals surface area contributed by atoms with Gasteiger partial charge in [0.1, 0.15) is 0 Å². The monoisotopic (exact) mass is 347 g/mol. The molecule has 1 aromatic carbocycles. The topological polar surface area (TPSA) is 38.4 Å². The van der Waals surface area contributed by atoms with E-state index in [1.54, 1.807) is 9.80 Å². The Labute approximate surface area is 151 Å². The van der Waals surface area contributed by atoms with Gasteiger partial charge in [-0.25, -0.2) is 4.79 Å². The molecule has 3 rings (SSSR count). The zero-order valence-corrected chi connectivity index (χ0v) is 15.5. The van der Waals surface area contributed by atoms with Crippen LogP contribution in [-0.2, 0) is 11.2 Å². The van der Waals surface area contributed by atoms with Gasteiger partial charge in [0.15, 0.2) is 0 Å². The Balaban J connectivity index is 1.36. The van der Waals surface area contributed by atoms with E-state index < -0.39 is 0 Å². The van der Waals surface area contributed by atoms with Gasteiger partial charge < -0.3 is 14.5 Å². The van der Waals surface area contributed by atoms with Crippen molar-refractivity contribution >= 4 is 6.09 Å². The number of carbonyl (C=O) groups excluding carboxylic acids is 1. The molecule has 2 fully saturated rings. The Morgan fingerprint density at radius 2 is 1.80 bits per heavy atom. The molecule has 1 aromatic rings. The molecule has 5 nitrogen and oxygen atoms in total. The fourth-order valence-corrected chi connectivity index (χ4v) is 4.25. The van der Waals surface area contributed by atoms with Crippen LogP contribution in [-0.4, -0.2) is 69.5 Å². The highest BCUT2D eigenvalue weighted by molar-refractivity contribution is 5.67. The average molecular weight is 348 g/mol. The van der Waals surface area contributed by atoms with Crippen LogP contribution in [0.3, 0.4) is 0 Å². The SMILES string of the molecule is CCOC(=O)N1CC[NH+](C2CC[NH+](CCc3ccccc3)CC2)CC1. The van der Waals surface area contributed by atoms with Gasteiger partial charge in [-0.3, -0.25) is 4.90 Å². The Kier molecular flexibility index (Phi) is 6.70. The third kappa shape index (κ3) is 5.19. The Morgan fingerprint density at radius 1 is 1.12 bits per heavy atom. The molecule has 2 aliphatic heterocycles. The Morgan fingerprint density at radius 3 is 2.44 bits per heavy atom. The van der Waals surface area contributed by atoms with Crippen molar-refractivity contribution in [2.45, 2.75) is 32.2 Å². The maximum atomic E-state index is 11.8. The zero-order chi connectivity index (χ0) is 17.5. The van der Waals surface area contributed by atoms with Crippen molar-refractivity contribution < 1.29 is 19.3 Å². The van der Waals surface area contributed by atoms with E-state index in [1.165, 1.54) is 44.5 Å². The number of carbonyl (C=O) groups is 1. The Hall–Kier alpha value is -1.59. The van der Waals surface area contributed by atoms with Crippen LogP contribution in [0.5, 0.6) is 0 Å². The van der Waals surface area contributed by atoms with E-state index in [2.05, 4.69) is 30.3 Å². The fraction of sp³-hybridized carbons (Fsp3) is 0.650. The molecule has 0 atom stereocenters. The molecule has 0 aliphatic carbocycles. The molecule has 0 aromatic heterocycles. The molecular weight excluding hydrogens is 314 g/mol. The first-order chi connectivity index (χ1) is 12.3. The Bertz CT molecular complexity index is 521. The lowest BCUT2D eigenvalue weighted by atomic mass is 10.0. The van der Waals surface area contributed by atoms with E-state index in [0.29, 0.717) is 6.61 Å². The van der Waals surface area contributed by atoms with E-state index >= 15 is 0 Å². The molecule has 2 aliphatic rings. The summed E-state index contributed by atoms with van der Waals surface area (Å²) in [4.78, 5) is 17.1. The molecule has 0 bridgehead atoms. The molecule has 0 spiro atoms. The normalized spacial score (nSPS) is 24.9. The number of hydrogen-bond donors (Lipinski definition) is 2. The number of piperazine rings is 1. The second-order valence-electron chi connectivity index (χ2n) is 7.35.